The Kier molecular flexibility index (Phi) is 4.38. The van der Waals surface area contributed by atoms with Crippen LogP contribution in [0.4, 0.5) is 5.69 Å². The Morgan fingerprint density at radius 3 is 2.44 bits per heavy atom. The van der Waals surface area contributed by atoms with Gasteiger partial charge in [0.25, 0.3) is 10.0 Å². The maximum absolute atomic E-state index is 12.1. The molecular weight excluding hydrogens is 426 g/mol. The minimum Gasteiger partial charge on any atom is -0.277 e. The highest BCUT2D eigenvalue weighted by atomic mass is 79.9. The number of benzene rings is 1. The first-order chi connectivity index (χ1) is 8.38. The highest BCUT2D eigenvalue weighted by Crippen LogP contribution is 2.31. The minimum atomic E-state index is -3.59. The lowest BCUT2D eigenvalue weighted by atomic mass is 10.3. The molecule has 0 aliphatic carbocycles. The van der Waals surface area contributed by atoms with Crippen LogP contribution in [0.15, 0.2) is 42.8 Å². The van der Waals surface area contributed by atoms with Gasteiger partial charge in [0.1, 0.15) is 4.21 Å². The van der Waals surface area contributed by atoms with E-state index in [2.05, 4.69) is 36.6 Å². The number of sulfonamides is 1. The molecule has 2 aromatic rings. The zero-order chi connectivity index (χ0) is 13.3. The number of halogens is 3. The zero-order valence-electron chi connectivity index (χ0n) is 8.65. The van der Waals surface area contributed by atoms with Gasteiger partial charge < -0.3 is 0 Å². The maximum atomic E-state index is 12.1. The van der Waals surface area contributed by atoms with Gasteiger partial charge in [0.05, 0.1) is 14.5 Å². The van der Waals surface area contributed by atoms with Gasteiger partial charge in [0, 0.05) is 4.47 Å². The summed E-state index contributed by atoms with van der Waals surface area (Å²) in [4.78, 5) is 0. The van der Waals surface area contributed by atoms with Gasteiger partial charge in [-0.3, -0.25) is 4.72 Å². The Morgan fingerprint density at radius 2 is 1.89 bits per heavy atom. The van der Waals surface area contributed by atoms with E-state index in [0.29, 0.717) is 10.7 Å². The molecule has 0 bridgehead atoms. The summed E-state index contributed by atoms with van der Waals surface area (Å²) in [5.74, 6) is 0. The molecule has 0 unspecified atom stereocenters. The van der Waals surface area contributed by atoms with Crippen molar-refractivity contribution in [3.63, 3.8) is 0 Å². The van der Waals surface area contributed by atoms with Crippen molar-refractivity contribution in [1.82, 2.24) is 0 Å². The normalized spacial score (nSPS) is 11.5. The lowest BCUT2D eigenvalue weighted by Crippen LogP contribution is -2.11. The van der Waals surface area contributed by atoms with E-state index in [-0.39, 0.29) is 4.21 Å². The predicted octanol–water partition coefficient (Wildman–Crippen LogP) is 4.73. The molecule has 3 nitrogen and oxygen atoms in total. The topological polar surface area (TPSA) is 46.2 Å². The standard InChI is InChI=1S/C10H6Br2ClNO2S2/c11-6-1-2-8(7(13)5-6)14-18(15,16)10-4-3-9(12)17-10/h1-5,14H. The summed E-state index contributed by atoms with van der Waals surface area (Å²) < 4.78 is 28.3. The molecule has 96 valence electrons. The van der Waals surface area contributed by atoms with Crippen LogP contribution < -0.4 is 4.72 Å². The van der Waals surface area contributed by atoms with Gasteiger partial charge in [0.15, 0.2) is 0 Å². The Hall–Kier alpha value is -0.0800. The second-order valence-corrected chi connectivity index (χ2v) is 8.98. The molecule has 1 aromatic carbocycles. The van der Waals surface area contributed by atoms with Crippen LogP contribution in [0.25, 0.3) is 0 Å². The second kappa shape index (κ2) is 5.50. The molecule has 0 amide bonds. The highest BCUT2D eigenvalue weighted by Gasteiger charge is 2.17. The first-order valence-corrected chi connectivity index (χ1v) is 8.88. The molecule has 1 N–H and O–H groups in total. The number of nitrogens with one attached hydrogen (secondary N) is 1. The van der Waals surface area contributed by atoms with Gasteiger partial charge in [-0.25, -0.2) is 8.42 Å². The fourth-order valence-corrected chi connectivity index (χ4v) is 5.08. The molecule has 0 saturated carbocycles. The lowest BCUT2D eigenvalue weighted by Gasteiger charge is -2.08. The van der Waals surface area contributed by atoms with E-state index < -0.39 is 10.0 Å². The van der Waals surface area contributed by atoms with E-state index in [1.54, 1.807) is 24.3 Å². The van der Waals surface area contributed by atoms with Gasteiger partial charge >= 0.3 is 0 Å². The van der Waals surface area contributed by atoms with Crippen molar-refractivity contribution in [1.29, 1.82) is 0 Å². The molecule has 0 aliphatic heterocycles. The number of rotatable bonds is 3. The van der Waals surface area contributed by atoms with Crippen LogP contribution in [-0.4, -0.2) is 8.42 Å². The fraction of sp³-hybridized carbons (Fsp3) is 0. The number of hydrogen-bond donors (Lipinski definition) is 1. The van der Waals surface area contributed by atoms with Crippen LogP contribution in [0.3, 0.4) is 0 Å². The van der Waals surface area contributed by atoms with Crippen molar-refractivity contribution in [2.75, 3.05) is 4.72 Å². The fourth-order valence-electron chi connectivity index (χ4n) is 1.21. The molecule has 1 aromatic heterocycles. The summed E-state index contributed by atoms with van der Waals surface area (Å²) in [6.45, 7) is 0. The average molecular weight is 432 g/mol. The van der Waals surface area contributed by atoms with Crippen LogP contribution >= 0.6 is 54.8 Å². The van der Waals surface area contributed by atoms with Gasteiger partial charge in [-0.1, -0.05) is 27.5 Å². The third-order valence-corrected chi connectivity index (χ3v) is 6.28. The summed E-state index contributed by atoms with van der Waals surface area (Å²) in [5, 5.41) is 0.337. The van der Waals surface area contributed by atoms with Gasteiger partial charge in [-0.05, 0) is 46.3 Å². The molecule has 0 aliphatic rings. The molecule has 1 heterocycles. The van der Waals surface area contributed by atoms with E-state index in [0.717, 1.165) is 19.6 Å². The molecule has 0 fully saturated rings. The summed E-state index contributed by atoms with van der Waals surface area (Å²) in [6.07, 6.45) is 0. The van der Waals surface area contributed by atoms with Crippen molar-refractivity contribution in [3.05, 3.63) is 43.6 Å². The first kappa shape index (κ1) is 14.3. The van der Waals surface area contributed by atoms with Crippen molar-refractivity contribution in [3.8, 4) is 0 Å². The van der Waals surface area contributed by atoms with Crippen LogP contribution in [0, 0.1) is 0 Å². The maximum Gasteiger partial charge on any atom is 0.271 e. The monoisotopic (exact) mass is 429 g/mol. The predicted molar refractivity (Wildman–Crippen MR) is 82.0 cm³/mol. The quantitative estimate of drug-likeness (QED) is 0.764. The van der Waals surface area contributed by atoms with Crippen molar-refractivity contribution >= 4 is 70.5 Å². The third kappa shape index (κ3) is 3.27. The molecule has 2 rings (SSSR count). The molecule has 0 radical (unpaired) electrons. The summed E-state index contributed by atoms with van der Waals surface area (Å²) >= 11 is 13.6. The van der Waals surface area contributed by atoms with Crippen molar-refractivity contribution in [2.24, 2.45) is 0 Å². The van der Waals surface area contributed by atoms with E-state index in [1.807, 2.05) is 0 Å². The Labute approximate surface area is 130 Å². The minimum absolute atomic E-state index is 0.230. The van der Waals surface area contributed by atoms with Gasteiger partial charge in [-0.2, -0.15) is 0 Å². The average Bonchev–Trinajstić information content (AvgIpc) is 2.70. The Balaban J connectivity index is 2.33. The van der Waals surface area contributed by atoms with Crippen molar-refractivity contribution in [2.45, 2.75) is 4.21 Å². The molecule has 0 atom stereocenters. The Bertz CT molecular complexity index is 685. The number of thiophene rings is 1. The molecular formula is C10H6Br2ClNO2S2. The highest BCUT2D eigenvalue weighted by molar-refractivity contribution is 9.11. The molecule has 18 heavy (non-hydrogen) atoms. The SMILES string of the molecule is O=S(=O)(Nc1ccc(Br)cc1Cl)c1ccc(Br)s1. The molecule has 0 spiro atoms. The Morgan fingerprint density at radius 1 is 1.17 bits per heavy atom. The van der Waals surface area contributed by atoms with E-state index in [4.69, 9.17) is 11.6 Å². The van der Waals surface area contributed by atoms with Gasteiger partial charge in [-0.15, -0.1) is 11.3 Å². The van der Waals surface area contributed by atoms with Crippen LogP contribution in [0.5, 0.6) is 0 Å². The van der Waals surface area contributed by atoms with Crippen LogP contribution in [-0.2, 0) is 10.0 Å². The van der Waals surface area contributed by atoms with Crippen LogP contribution in [0.2, 0.25) is 5.02 Å². The van der Waals surface area contributed by atoms with Crippen LogP contribution in [0.1, 0.15) is 0 Å². The third-order valence-electron chi connectivity index (χ3n) is 1.99. The molecule has 8 heteroatoms. The smallest absolute Gasteiger partial charge is 0.271 e. The summed E-state index contributed by atoms with van der Waals surface area (Å²) in [7, 11) is -3.59. The zero-order valence-corrected chi connectivity index (χ0v) is 14.2. The number of hydrogen-bond acceptors (Lipinski definition) is 3. The summed E-state index contributed by atoms with van der Waals surface area (Å²) in [5.41, 5.74) is 0.351. The lowest BCUT2D eigenvalue weighted by molar-refractivity contribution is 0.603. The largest absolute Gasteiger partial charge is 0.277 e. The van der Waals surface area contributed by atoms with E-state index in [1.165, 1.54) is 6.07 Å². The number of anilines is 1. The molecule has 0 saturated heterocycles. The van der Waals surface area contributed by atoms with Crippen molar-refractivity contribution < 1.29 is 8.42 Å². The first-order valence-electron chi connectivity index (χ1n) is 4.62. The van der Waals surface area contributed by atoms with E-state index in [9.17, 15) is 8.42 Å². The van der Waals surface area contributed by atoms with E-state index >= 15 is 0 Å². The van der Waals surface area contributed by atoms with Gasteiger partial charge in [0.2, 0.25) is 0 Å². The summed E-state index contributed by atoms with van der Waals surface area (Å²) in [6, 6.07) is 8.16. The second-order valence-electron chi connectivity index (χ2n) is 3.29.